The molecule has 2 rings (SSSR count). The Hall–Kier alpha value is -1.33. The molecule has 1 fully saturated rings. The fourth-order valence-electron chi connectivity index (χ4n) is 1.90. The second-order valence-corrected chi connectivity index (χ2v) is 3.95. The van der Waals surface area contributed by atoms with Gasteiger partial charge in [-0.05, 0) is 19.4 Å². The van der Waals surface area contributed by atoms with Gasteiger partial charge in [0, 0.05) is 13.2 Å². The van der Waals surface area contributed by atoms with Crippen LogP contribution in [0.25, 0.3) is 0 Å². The molecular weight excluding hydrogens is 222 g/mol. The summed E-state index contributed by atoms with van der Waals surface area (Å²) >= 11 is 0. The Morgan fingerprint density at radius 3 is 3.24 bits per heavy atom. The van der Waals surface area contributed by atoms with E-state index in [2.05, 4.69) is 5.32 Å². The first-order valence-corrected chi connectivity index (χ1v) is 5.83. The molecule has 0 radical (unpaired) electrons. The molecule has 0 bridgehead atoms. The van der Waals surface area contributed by atoms with Crippen molar-refractivity contribution in [2.45, 2.75) is 25.5 Å². The molecule has 17 heavy (non-hydrogen) atoms. The highest BCUT2D eigenvalue weighted by Crippen LogP contribution is 2.12. The number of hydrogen-bond acceptors (Lipinski definition) is 4. The molecule has 1 amide bonds. The van der Waals surface area contributed by atoms with Crippen molar-refractivity contribution in [2.24, 2.45) is 0 Å². The van der Waals surface area contributed by atoms with Gasteiger partial charge in [0.05, 0.1) is 24.5 Å². The van der Waals surface area contributed by atoms with Gasteiger partial charge in [-0.1, -0.05) is 0 Å². The fourth-order valence-corrected chi connectivity index (χ4v) is 1.90. The van der Waals surface area contributed by atoms with Gasteiger partial charge in [0.2, 0.25) is 0 Å². The largest absolute Gasteiger partial charge is 0.472 e. The summed E-state index contributed by atoms with van der Waals surface area (Å²) in [7, 11) is 0. The normalized spacial score (nSPS) is 24.5. The highest BCUT2D eigenvalue weighted by atomic mass is 16.5. The zero-order chi connectivity index (χ0) is 12.1. The highest BCUT2D eigenvalue weighted by molar-refractivity contribution is 5.93. The average molecular weight is 239 g/mol. The van der Waals surface area contributed by atoms with Crippen molar-refractivity contribution in [1.29, 1.82) is 0 Å². The fraction of sp³-hybridized carbons (Fsp3) is 0.583. The summed E-state index contributed by atoms with van der Waals surface area (Å²) < 4.78 is 15.8. The van der Waals surface area contributed by atoms with Crippen LogP contribution in [0.4, 0.5) is 0 Å². The van der Waals surface area contributed by atoms with E-state index in [1.54, 1.807) is 6.07 Å². The van der Waals surface area contributed by atoms with E-state index >= 15 is 0 Å². The molecule has 0 aliphatic carbocycles. The molecule has 5 nitrogen and oxygen atoms in total. The average Bonchev–Trinajstić information content (AvgIpc) is 2.85. The van der Waals surface area contributed by atoms with Crippen molar-refractivity contribution in [2.75, 3.05) is 19.8 Å². The lowest BCUT2D eigenvalue weighted by atomic mass is 10.1. The first-order valence-electron chi connectivity index (χ1n) is 5.83. The van der Waals surface area contributed by atoms with Crippen molar-refractivity contribution < 1.29 is 18.7 Å². The van der Waals surface area contributed by atoms with Crippen LogP contribution in [0.3, 0.4) is 0 Å². The minimum atomic E-state index is -0.129. The topological polar surface area (TPSA) is 60.7 Å². The van der Waals surface area contributed by atoms with E-state index < -0.39 is 0 Å². The molecule has 5 heteroatoms. The van der Waals surface area contributed by atoms with E-state index in [1.807, 2.05) is 6.92 Å². The van der Waals surface area contributed by atoms with Crippen LogP contribution in [0, 0.1) is 0 Å². The van der Waals surface area contributed by atoms with Gasteiger partial charge >= 0.3 is 0 Å². The number of carbonyl (C=O) groups excluding carboxylic acids is 1. The lowest BCUT2D eigenvalue weighted by molar-refractivity contribution is -0.0632. The van der Waals surface area contributed by atoms with E-state index in [1.165, 1.54) is 12.5 Å². The van der Waals surface area contributed by atoms with Gasteiger partial charge in [0.1, 0.15) is 12.4 Å². The third-order valence-corrected chi connectivity index (χ3v) is 2.78. The summed E-state index contributed by atoms with van der Waals surface area (Å²) in [4.78, 5) is 11.9. The molecule has 0 saturated carbocycles. The molecule has 1 aromatic rings. The Balaban J connectivity index is 1.93. The summed E-state index contributed by atoms with van der Waals surface area (Å²) in [6.45, 7) is 3.74. The Kier molecular flexibility index (Phi) is 4.17. The Morgan fingerprint density at radius 2 is 2.53 bits per heavy atom. The summed E-state index contributed by atoms with van der Waals surface area (Å²) in [5.74, 6) is -0.129. The molecule has 1 aliphatic heterocycles. The predicted molar refractivity (Wildman–Crippen MR) is 60.8 cm³/mol. The third-order valence-electron chi connectivity index (χ3n) is 2.78. The van der Waals surface area contributed by atoms with E-state index in [9.17, 15) is 4.79 Å². The van der Waals surface area contributed by atoms with Crippen molar-refractivity contribution >= 4 is 5.91 Å². The molecule has 0 spiro atoms. The number of amides is 1. The zero-order valence-corrected chi connectivity index (χ0v) is 9.85. The van der Waals surface area contributed by atoms with Crippen LogP contribution in [-0.4, -0.2) is 37.9 Å². The summed E-state index contributed by atoms with van der Waals surface area (Å²) in [5, 5.41) is 2.95. The van der Waals surface area contributed by atoms with Gasteiger partial charge in [-0.2, -0.15) is 0 Å². The Morgan fingerprint density at radius 1 is 1.65 bits per heavy atom. The Bertz CT molecular complexity index is 347. The second kappa shape index (κ2) is 5.84. The van der Waals surface area contributed by atoms with Crippen molar-refractivity contribution in [3.8, 4) is 0 Å². The Labute approximate surface area is 100 Å². The quantitative estimate of drug-likeness (QED) is 0.857. The number of nitrogens with one attached hydrogen (secondary N) is 1. The first kappa shape index (κ1) is 12.1. The maximum absolute atomic E-state index is 11.9. The lowest BCUT2D eigenvalue weighted by Crippen LogP contribution is -2.49. The summed E-state index contributed by atoms with van der Waals surface area (Å²) in [6.07, 6.45) is 3.63. The number of hydrogen-bond donors (Lipinski definition) is 1. The number of carbonyl (C=O) groups is 1. The van der Waals surface area contributed by atoms with Crippen molar-refractivity contribution in [3.05, 3.63) is 24.2 Å². The molecule has 2 atom stereocenters. The summed E-state index contributed by atoms with van der Waals surface area (Å²) in [5.41, 5.74) is 0.534. The predicted octanol–water partition coefficient (Wildman–Crippen LogP) is 1.20. The standard InChI is InChI=1S/C12H17NO4/c1-2-17-11-8-16-6-4-10(11)13-12(14)9-3-5-15-7-9/h3,5,7,10-11H,2,4,6,8H2,1H3,(H,13,14)/t10-,11-/m1/s1. The maximum Gasteiger partial charge on any atom is 0.254 e. The summed E-state index contributed by atoms with van der Waals surface area (Å²) in [6, 6.07) is 1.65. The minimum absolute atomic E-state index is 0.00565. The number of ether oxygens (including phenoxy) is 2. The molecule has 1 saturated heterocycles. The SMILES string of the molecule is CCO[C@@H]1COCC[C@H]1NC(=O)c1ccoc1. The molecular formula is C12H17NO4. The minimum Gasteiger partial charge on any atom is -0.472 e. The molecule has 2 heterocycles. The van der Waals surface area contributed by atoms with E-state index in [4.69, 9.17) is 13.9 Å². The van der Waals surface area contributed by atoms with Crippen LogP contribution in [-0.2, 0) is 9.47 Å². The van der Waals surface area contributed by atoms with E-state index in [-0.39, 0.29) is 18.1 Å². The second-order valence-electron chi connectivity index (χ2n) is 3.95. The van der Waals surface area contributed by atoms with Crippen LogP contribution in [0.2, 0.25) is 0 Å². The van der Waals surface area contributed by atoms with Crippen LogP contribution >= 0.6 is 0 Å². The molecule has 0 aromatic carbocycles. The monoisotopic (exact) mass is 239 g/mol. The zero-order valence-electron chi connectivity index (χ0n) is 9.85. The smallest absolute Gasteiger partial charge is 0.254 e. The highest BCUT2D eigenvalue weighted by Gasteiger charge is 2.27. The molecule has 1 aromatic heterocycles. The van der Waals surface area contributed by atoms with Crippen LogP contribution in [0.15, 0.2) is 23.0 Å². The van der Waals surface area contributed by atoms with Crippen LogP contribution in [0.5, 0.6) is 0 Å². The van der Waals surface area contributed by atoms with Crippen LogP contribution in [0.1, 0.15) is 23.7 Å². The molecule has 1 N–H and O–H groups in total. The lowest BCUT2D eigenvalue weighted by Gasteiger charge is -2.31. The van der Waals surface area contributed by atoms with E-state index in [0.717, 1.165) is 6.42 Å². The van der Waals surface area contributed by atoms with Gasteiger partial charge in [-0.3, -0.25) is 4.79 Å². The van der Waals surface area contributed by atoms with Gasteiger partial charge in [0.25, 0.3) is 5.91 Å². The van der Waals surface area contributed by atoms with Gasteiger partial charge in [-0.15, -0.1) is 0 Å². The first-order chi connectivity index (χ1) is 8.31. The molecule has 0 unspecified atom stereocenters. The number of rotatable bonds is 4. The van der Waals surface area contributed by atoms with Gasteiger partial charge in [-0.25, -0.2) is 0 Å². The molecule has 94 valence electrons. The van der Waals surface area contributed by atoms with Gasteiger partial charge in [0.15, 0.2) is 0 Å². The van der Waals surface area contributed by atoms with E-state index in [0.29, 0.717) is 25.4 Å². The van der Waals surface area contributed by atoms with Crippen molar-refractivity contribution in [1.82, 2.24) is 5.32 Å². The third kappa shape index (κ3) is 3.08. The number of furan rings is 1. The maximum atomic E-state index is 11.9. The van der Waals surface area contributed by atoms with Crippen LogP contribution < -0.4 is 5.32 Å². The van der Waals surface area contributed by atoms with Crippen molar-refractivity contribution in [3.63, 3.8) is 0 Å². The molecule has 1 aliphatic rings. The van der Waals surface area contributed by atoms with Gasteiger partial charge < -0.3 is 19.2 Å².